The molecule has 1 saturated heterocycles. The smallest absolute Gasteiger partial charge is 0.338 e. The van der Waals surface area contributed by atoms with Crippen molar-refractivity contribution in [2.75, 3.05) is 26.2 Å². The molecular weight excluding hydrogens is 394 g/mol. The lowest BCUT2D eigenvalue weighted by atomic mass is 9.96. The molecule has 0 bridgehead atoms. The first-order valence-electron chi connectivity index (χ1n) is 9.83. The number of carbonyl (C=O) groups excluding carboxylic acids is 2. The van der Waals surface area contributed by atoms with Gasteiger partial charge in [-0.05, 0) is 56.9 Å². The minimum Gasteiger partial charge on any atom is -0.462 e. The molecule has 9 heteroatoms. The van der Waals surface area contributed by atoms with Crippen LogP contribution in [0, 0.1) is 17.2 Å². The number of amides is 1. The Morgan fingerprint density at radius 2 is 1.79 bits per heavy atom. The van der Waals surface area contributed by atoms with Crippen molar-refractivity contribution in [2.45, 2.75) is 43.5 Å². The minimum absolute atomic E-state index is 0.0371. The van der Waals surface area contributed by atoms with E-state index in [9.17, 15) is 18.0 Å². The average molecular weight is 420 g/mol. The maximum Gasteiger partial charge on any atom is 0.338 e. The van der Waals surface area contributed by atoms with Crippen molar-refractivity contribution >= 4 is 21.9 Å². The second-order valence-electron chi connectivity index (χ2n) is 7.28. The van der Waals surface area contributed by atoms with E-state index in [1.165, 1.54) is 28.6 Å². The molecule has 0 N–H and O–H groups in total. The van der Waals surface area contributed by atoms with Gasteiger partial charge in [0.2, 0.25) is 15.9 Å². The van der Waals surface area contributed by atoms with Crippen LogP contribution >= 0.6 is 0 Å². The molecule has 0 spiro atoms. The van der Waals surface area contributed by atoms with E-state index in [1.807, 2.05) is 6.07 Å². The van der Waals surface area contributed by atoms with Gasteiger partial charge in [0.05, 0.1) is 23.1 Å². The van der Waals surface area contributed by atoms with E-state index in [0.29, 0.717) is 18.4 Å². The third-order valence-electron chi connectivity index (χ3n) is 5.32. The standard InChI is InChI=1S/C20H25N3O5S/c1-2-28-20(25)16-3-7-18(8-4-16)29(26,27)22-12-9-15(10-13-22)19(24)23(14-11-21)17-5-6-17/h3-4,7-8,15,17H,2,5-6,9-10,12-14H2,1H3. The summed E-state index contributed by atoms with van der Waals surface area (Å²) >= 11 is 0. The number of ether oxygens (including phenoxy) is 1. The molecule has 156 valence electrons. The third kappa shape index (κ3) is 4.77. The van der Waals surface area contributed by atoms with E-state index in [0.717, 1.165) is 12.8 Å². The van der Waals surface area contributed by atoms with Gasteiger partial charge >= 0.3 is 5.97 Å². The largest absolute Gasteiger partial charge is 0.462 e. The summed E-state index contributed by atoms with van der Waals surface area (Å²) in [5.74, 6) is -0.778. The monoisotopic (exact) mass is 419 g/mol. The first kappa shape index (κ1) is 21.3. The molecule has 0 aromatic heterocycles. The minimum atomic E-state index is -3.70. The summed E-state index contributed by atoms with van der Waals surface area (Å²) in [6.07, 6.45) is 2.74. The van der Waals surface area contributed by atoms with E-state index < -0.39 is 16.0 Å². The number of rotatable bonds is 7. The van der Waals surface area contributed by atoms with Crippen molar-refractivity contribution < 1.29 is 22.7 Å². The zero-order chi connectivity index (χ0) is 21.0. The zero-order valence-corrected chi connectivity index (χ0v) is 17.2. The Balaban J connectivity index is 1.63. The van der Waals surface area contributed by atoms with E-state index >= 15 is 0 Å². The predicted molar refractivity (Wildman–Crippen MR) is 104 cm³/mol. The zero-order valence-electron chi connectivity index (χ0n) is 16.4. The van der Waals surface area contributed by atoms with Crippen molar-refractivity contribution in [3.8, 4) is 6.07 Å². The predicted octanol–water partition coefficient (Wildman–Crippen LogP) is 1.78. The molecule has 0 radical (unpaired) electrons. The van der Waals surface area contributed by atoms with Crippen LogP contribution in [0.4, 0.5) is 0 Å². The van der Waals surface area contributed by atoms with Crippen LogP contribution in [0.5, 0.6) is 0 Å². The Labute approximate surface area is 171 Å². The molecule has 2 aliphatic rings. The third-order valence-corrected chi connectivity index (χ3v) is 7.23. The molecule has 1 saturated carbocycles. The number of nitriles is 1. The van der Waals surface area contributed by atoms with Gasteiger partial charge in [0.1, 0.15) is 6.54 Å². The van der Waals surface area contributed by atoms with E-state index in [4.69, 9.17) is 10.00 Å². The molecule has 1 amide bonds. The second-order valence-corrected chi connectivity index (χ2v) is 9.22. The number of hydrogen-bond acceptors (Lipinski definition) is 6. The summed E-state index contributed by atoms with van der Waals surface area (Å²) in [4.78, 5) is 26.2. The Morgan fingerprint density at radius 1 is 1.17 bits per heavy atom. The van der Waals surface area contributed by atoms with Gasteiger partial charge in [-0.2, -0.15) is 9.57 Å². The van der Waals surface area contributed by atoms with Gasteiger partial charge in [0.25, 0.3) is 0 Å². The van der Waals surface area contributed by atoms with Crippen LogP contribution in [0.25, 0.3) is 0 Å². The van der Waals surface area contributed by atoms with Gasteiger partial charge < -0.3 is 9.64 Å². The van der Waals surface area contributed by atoms with Gasteiger partial charge in [-0.3, -0.25) is 4.79 Å². The topological polar surface area (TPSA) is 108 Å². The quantitative estimate of drug-likeness (QED) is 0.492. The lowest BCUT2D eigenvalue weighted by molar-refractivity contribution is -0.136. The molecular formula is C20H25N3O5S. The fourth-order valence-corrected chi connectivity index (χ4v) is 5.02. The average Bonchev–Trinajstić information content (AvgIpc) is 3.57. The lowest BCUT2D eigenvalue weighted by Gasteiger charge is -2.33. The SMILES string of the molecule is CCOC(=O)c1ccc(S(=O)(=O)N2CCC(C(=O)N(CC#N)C3CC3)CC2)cc1. The molecule has 29 heavy (non-hydrogen) atoms. The number of carbonyl (C=O) groups is 2. The lowest BCUT2D eigenvalue weighted by Crippen LogP contribution is -2.45. The Kier molecular flexibility index (Phi) is 6.55. The molecule has 0 atom stereocenters. The van der Waals surface area contributed by atoms with Crippen LogP contribution in [-0.4, -0.2) is 61.8 Å². The molecule has 1 aliphatic carbocycles. The molecule has 1 heterocycles. The fourth-order valence-electron chi connectivity index (χ4n) is 3.55. The van der Waals surface area contributed by atoms with E-state index in [2.05, 4.69) is 0 Å². The molecule has 3 rings (SSSR count). The maximum absolute atomic E-state index is 12.9. The molecule has 1 aromatic rings. The maximum atomic E-state index is 12.9. The number of piperidine rings is 1. The second kappa shape index (κ2) is 8.93. The van der Waals surface area contributed by atoms with E-state index in [-0.39, 0.29) is 49.0 Å². The van der Waals surface area contributed by atoms with Crippen LogP contribution < -0.4 is 0 Å². The number of nitrogens with zero attached hydrogens (tertiary/aromatic N) is 3. The highest BCUT2D eigenvalue weighted by Gasteiger charge is 2.38. The van der Waals surface area contributed by atoms with Crippen molar-refractivity contribution in [1.29, 1.82) is 5.26 Å². The number of esters is 1. The van der Waals surface area contributed by atoms with Crippen molar-refractivity contribution in [3.63, 3.8) is 0 Å². The summed E-state index contributed by atoms with van der Waals surface area (Å²) < 4.78 is 32.1. The fraction of sp³-hybridized carbons (Fsp3) is 0.550. The van der Waals surface area contributed by atoms with Crippen molar-refractivity contribution in [2.24, 2.45) is 5.92 Å². The van der Waals surface area contributed by atoms with E-state index in [1.54, 1.807) is 11.8 Å². The van der Waals surface area contributed by atoms with Gasteiger partial charge in [0.15, 0.2) is 0 Å². The number of hydrogen-bond donors (Lipinski definition) is 0. The van der Waals surface area contributed by atoms with Crippen LogP contribution in [0.2, 0.25) is 0 Å². The Hall–Kier alpha value is -2.44. The highest BCUT2D eigenvalue weighted by molar-refractivity contribution is 7.89. The summed E-state index contributed by atoms with van der Waals surface area (Å²) in [5, 5.41) is 8.96. The van der Waals surface area contributed by atoms with Crippen molar-refractivity contribution in [3.05, 3.63) is 29.8 Å². The summed E-state index contributed by atoms with van der Waals surface area (Å²) in [5.41, 5.74) is 0.299. The first-order valence-corrected chi connectivity index (χ1v) is 11.3. The number of benzene rings is 1. The summed E-state index contributed by atoms with van der Waals surface area (Å²) in [7, 11) is -3.70. The number of sulfonamides is 1. The normalized spacial score (nSPS) is 18.1. The van der Waals surface area contributed by atoms with Crippen LogP contribution in [-0.2, 0) is 19.6 Å². The van der Waals surface area contributed by atoms with Crippen molar-refractivity contribution in [1.82, 2.24) is 9.21 Å². The highest BCUT2D eigenvalue weighted by Crippen LogP contribution is 2.31. The molecule has 1 aliphatic heterocycles. The van der Waals surface area contributed by atoms with Gasteiger partial charge in [0, 0.05) is 25.0 Å². The summed E-state index contributed by atoms with van der Waals surface area (Å²) in [6.45, 7) is 2.55. The van der Waals surface area contributed by atoms with Crippen LogP contribution in [0.3, 0.4) is 0 Å². The van der Waals surface area contributed by atoms with Gasteiger partial charge in [-0.25, -0.2) is 13.2 Å². The van der Waals surface area contributed by atoms with Gasteiger partial charge in [-0.15, -0.1) is 0 Å². The highest BCUT2D eigenvalue weighted by atomic mass is 32.2. The van der Waals surface area contributed by atoms with Gasteiger partial charge in [-0.1, -0.05) is 0 Å². The molecule has 8 nitrogen and oxygen atoms in total. The molecule has 2 fully saturated rings. The Bertz CT molecular complexity index is 895. The van der Waals surface area contributed by atoms with Crippen LogP contribution in [0.15, 0.2) is 29.2 Å². The summed E-state index contributed by atoms with van der Waals surface area (Å²) in [6, 6.07) is 7.91. The first-order chi connectivity index (χ1) is 13.9. The molecule has 0 unspecified atom stereocenters. The Morgan fingerprint density at radius 3 is 2.31 bits per heavy atom. The van der Waals surface area contributed by atoms with Crippen LogP contribution in [0.1, 0.15) is 43.0 Å². The molecule has 1 aromatic carbocycles.